The second kappa shape index (κ2) is 6.22. The topological polar surface area (TPSA) is 27.7 Å². The van der Waals surface area contributed by atoms with Crippen LogP contribution in [0.2, 0.25) is 6.04 Å². The number of rotatable bonds is 7. The molecule has 0 saturated carbocycles. The maximum absolute atomic E-state index is 5.36. The minimum atomic E-state index is -2.34. The van der Waals surface area contributed by atoms with Gasteiger partial charge in [-0.25, -0.2) is 0 Å². The third-order valence-electron chi connectivity index (χ3n) is 2.73. The summed E-state index contributed by atoms with van der Waals surface area (Å²) in [6.07, 6.45) is 9.85. The lowest BCUT2D eigenvalue weighted by molar-refractivity contribution is 0.123. The summed E-state index contributed by atoms with van der Waals surface area (Å²) in [4.78, 5) is 0. The first-order chi connectivity index (χ1) is 7.26. The highest BCUT2D eigenvalue weighted by molar-refractivity contribution is 6.60. The van der Waals surface area contributed by atoms with Crippen molar-refractivity contribution in [2.75, 3.05) is 21.3 Å². The van der Waals surface area contributed by atoms with Crippen molar-refractivity contribution in [2.24, 2.45) is 0 Å². The van der Waals surface area contributed by atoms with Gasteiger partial charge in [0.25, 0.3) is 0 Å². The van der Waals surface area contributed by atoms with Gasteiger partial charge in [0.1, 0.15) is 0 Å². The van der Waals surface area contributed by atoms with Crippen LogP contribution in [0.1, 0.15) is 19.3 Å². The predicted octanol–water partition coefficient (Wildman–Crippen LogP) is 2.53. The first kappa shape index (κ1) is 12.6. The van der Waals surface area contributed by atoms with Gasteiger partial charge in [-0.2, -0.15) is 0 Å². The highest BCUT2D eigenvalue weighted by Crippen LogP contribution is 2.21. The molecular weight excluding hydrogens is 208 g/mol. The third-order valence-corrected chi connectivity index (χ3v) is 5.56. The van der Waals surface area contributed by atoms with Gasteiger partial charge in [-0.05, 0) is 19.3 Å². The Morgan fingerprint density at radius 2 is 1.87 bits per heavy atom. The molecule has 0 radical (unpaired) electrons. The standard InChI is InChI=1S/C11H20O3Si/c1-12-15(13-2,14-3)10-6-9-11-7-4-5-8-11/h4,7-8H,5-6,9-10H2,1-3H3. The second-order valence-corrected chi connectivity index (χ2v) is 6.66. The molecule has 1 rings (SSSR count). The van der Waals surface area contributed by atoms with Gasteiger partial charge in [0.15, 0.2) is 0 Å². The molecule has 0 N–H and O–H groups in total. The van der Waals surface area contributed by atoms with E-state index in [1.54, 1.807) is 21.3 Å². The van der Waals surface area contributed by atoms with Crippen LogP contribution in [0.5, 0.6) is 0 Å². The Bertz CT molecular complexity index is 236. The molecule has 0 saturated heterocycles. The van der Waals surface area contributed by atoms with Crippen LogP contribution in [0.4, 0.5) is 0 Å². The Labute approximate surface area is 93.1 Å². The molecular formula is C11H20O3Si. The number of hydrogen-bond donors (Lipinski definition) is 0. The molecule has 0 aromatic carbocycles. The summed E-state index contributed by atoms with van der Waals surface area (Å²) >= 11 is 0. The van der Waals surface area contributed by atoms with E-state index in [1.807, 2.05) is 0 Å². The Kier molecular flexibility index (Phi) is 5.25. The monoisotopic (exact) mass is 228 g/mol. The fourth-order valence-corrected chi connectivity index (χ4v) is 3.48. The fourth-order valence-electron chi connectivity index (χ4n) is 1.76. The van der Waals surface area contributed by atoms with Gasteiger partial charge in [0.05, 0.1) is 0 Å². The predicted molar refractivity (Wildman–Crippen MR) is 62.7 cm³/mol. The van der Waals surface area contributed by atoms with Gasteiger partial charge in [-0.1, -0.05) is 23.8 Å². The zero-order valence-electron chi connectivity index (χ0n) is 9.79. The molecule has 0 fully saturated rings. The van der Waals surface area contributed by atoms with Crippen molar-refractivity contribution in [3.63, 3.8) is 0 Å². The number of allylic oxidation sites excluding steroid dienone is 4. The average molecular weight is 228 g/mol. The molecule has 0 heterocycles. The second-order valence-electron chi connectivity index (χ2n) is 3.57. The SMILES string of the molecule is CO[Si](CCCC1=CCC=C1)(OC)OC. The van der Waals surface area contributed by atoms with Crippen LogP contribution >= 0.6 is 0 Å². The highest BCUT2D eigenvalue weighted by atomic mass is 28.4. The summed E-state index contributed by atoms with van der Waals surface area (Å²) in [5.74, 6) is 0. The molecule has 0 atom stereocenters. The zero-order valence-corrected chi connectivity index (χ0v) is 10.8. The molecule has 86 valence electrons. The van der Waals surface area contributed by atoms with Gasteiger partial charge in [0, 0.05) is 27.4 Å². The van der Waals surface area contributed by atoms with E-state index >= 15 is 0 Å². The van der Waals surface area contributed by atoms with Crippen molar-refractivity contribution < 1.29 is 13.3 Å². The highest BCUT2D eigenvalue weighted by Gasteiger charge is 2.36. The van der Waals surface area contributed by atoms with Crippen molar-refractivity contribution in [2.45, 2.75) is 25.3 Å². The molecule has 0 spiro atoms. The molecule has 0 unspecified atom stereocenters. The van der Waals surface area contributed by atoms with E-state index in [0.717, 1.165) is 25.3 Å². The van der Waals surface area contributed by atoms with E-state index in [1.165, 1.54) is 5.57 Å². The van der Waals surface area contributed by atoms with E-state index in [0.29, 0.717) is 0 Å². The molecule has 15 heavy (non-hydrogen) atoms. The summed E-state index contributed by atoms with van der Waals surface area (Å²) < 4.78 is 16.1. The van der Waals surface area contributed by atoms with Crippen molar-refractivity contribution >= 4 is 8.80 Å². The molecule has 4 heteroatoms. The van der Waals surface area contributed by atoms with Crippen LogP contribution in [-0.2, 0) is 13.3 Å². The number of hydrogen-bond acceptors (Lipinski definition) is 3. The van der Waals surface area contributed by atoms with Crippen molar-refractivity contribution in [1.82, 2.24) is 0 Å². The maximum Gasteiger partial charge on any atom is 0.500 e. The van der Waals surface area contributed by atoms with E-state index < -0.39 is 8.80 Å². The largest absolute Gasteiger partial charge is 0.500 e. The summed E-state index contributed by atoms with van der Waals surface area (Å²) in [6, 6.07) is 0.877. The van der Waals surface area contributed by atoms with E-state index in [4.69, 9.17) is 13.3 Å². The van der Waals surface area contributed by atoms with E-state index in [-0.39, 0.29) is 0 Å². The van der Waals surface area contributed by atoms with Gasteiger partial charge in [-0.3, -0.25) is 0 Å². The van der Waals surface area contributed by atoms with Crippen LogP contribution in [-0.4, -0.2) is 30.1 Å². The maximum atomic E-state index is 5.36. The first-order valence-corrected chi connectivity index (χ1v) is 7.20. The van der Waals surface area contributed by atoms with Crippen LogP contribution < -0.4 is 0 Å². The van der Waals surface area contributed by atoms with Crippen molar-refractivity contribution in [3.8, 4) is 0 Å². The minimum absolute atomic E-state index is 0.877. The van der Waals surface area contributed by atoms with Crippen molar-refractivity contribution in [1.29, 1.82) is 0 Å². The fraction of sp³-hybridized carbons (Fsp3) is 0.636. The Morgan fingerprint density at radius 3 is 2.33 bits per heavy atom. The summed E-state index contributed by atoms with van der Waals surface area (Å²) in [7, 11) is 2.64. The van der Waals surface area contributed by atoms with Gasteiger partial charge < -0.3 is 13.3 Å². The quantitative estimate of drug-likeness (QED) is 0.627. The molecule has 3 nitrogen and oxygen atoms in total. The molecule has 1 aliphatic carbocycles. The lowest BCUT2D eigenvalue weighted by atomic mass is 10.2. The third kappa shape index (κ3) is 3.57. The van der Waals surface area contributed by atoms with Crippen LogP contribution in [0.25, 0.3) is 0 Å². The van der Waals surface area contributed by atoms with Crippen LogP contribution in [0, 0.1) is 0 Å². The zero-order chi connectivity index (χ0) is 11.1. The normalized spacial score (nSPS) is 15.8. The van der Waals surface area contributed by atoms with Crippen LogP contribution in [0.3, 0.4) is 0 Å². The molecule has 0 aromatic heterocycles. The average Bonchev–Trinajstić information content (AvgIpc) is 2.78. The molecule has 0 aliphatic heterocycles. The molecule has 1 aliphatic rings. The summed E-state index contributed by atoms with van der Waals surface area (Å²) in [5.41, 5.74) is 1.42. The Morgan fingerprint density at radius 1 is 1.20 bits per heavy atom. The van der Waals surface area contributed by atoms with E-state index in [2.05, 4.69) is 18.2 Å². The van der Waals surface area contributed by atoms with Gasteiger partial charge in [0.2, 0.25) is 0 Å². The Hall–Kier alpha value is -0.423. The lowest BCUT2D eigenvalue weighted by Crippen LogP contribution is -2.42. The van der Waals surface area contributed by atoms with Gasteiger partial charge in [-0.15, -0.1) is 0 Å². The lowest BCUT2D eigenvalue weighted by Gasteiger charge is -2.24. The molecule has 0 bridgehead atoms. The smallest absolute Gasteiger partial charge is 0.377 e. The Balaban J connectivity index is 2.30. The summed E-state index contributed by atoms with van der Waals surface area (Å²) in [6.45, 7) is 0. The van der Waals surface area contributed by atoms with Gasteiger partial charge >= 0.3 is 8.80 Å². The molecule has 0 amide bonds. The molecule has 0 aromatic rings. The first-order valence-electron chi connectivity index (χ1n) is 5.27. The minimum Gasteiger partial charge on any atom is -0.377 e. The summed E-state index contributed by atoms with van der Waals surface area (Å²) in [5, 5.41) is 0. The van der Waals surface area contributed by atoms with Crippen molar-refractivity contribution in [3.05, 3.63) is 23.8 Å². The van der Waals surface area contributed by atoms with Crippen LogP contribution in [0.15, 0.2) is 23.8 Å². The van der Waals surface area contributed by atoms with E-state index in [9.17, 15) is 0 Å².